The normalized spacial score (nSPS) is 15.5. The molecule has 0 radical (unpaired) electrons. The van der Waals surface area contributed by atoms with E-state index in [1.807, 2.05) is 23.2 Å². The van der Waals surface area contributed by atoms with Crippen LogP contribution in [0, 0.1) is 5.92 Å². The zero-order valence-corrected chi connectivity index (χ0v) is 20.2. The highest BCUT2D eigenvalue weighted by Crippen LogP contribution is 2.40. The molecule has 1 aromatic carbocycles. The van der Waals surface area contributed by atoms with E-state index in [1.165, 1.54) is 10.4 Å². The number of nitrogens with one attached hydrogen (secondary N) is 2. The van der Waals surface area contributed by atoms with E-state index in [9.17, 15) is 4.79 Å². The van der Waals surface area contributed by atoms with Crippen molar-refractivity contribution in [2.75, 3.05) is 45.8 Å². The summed E-state index contributed by atoms with van der Waals surface area (Å²) in [4.78, 5) is 26.5. The van der Waals surface area contributed by atoms with Gasteiger partial charge >= 0.3 is 0 Å². The average Bonchev–Trinajstić information content (AvgIpc) is 3.47. The van der Waals surface area contributed by atoms with E-state index in [1.54, 1.807) is 31.9 Å². The number of rotatable bonds is 9. The van der Waals surface area contributed by atoms with Crippen molar-refractivity contribution in [3.8, 4) is 0 Å². The lowest BCUT2D eigenvalue weighted by Crippen LogP contribution is -2.41. The van der Waals surface area contributed by atoms with Crippen LogP contribution in [0.25, 0.3) is 21.1 Å². The molecule has 1 unspecified atom stereocenters. The first-order valence-electron chi connectivity index (χ1n) is 11.4. The van der Waals surface area contributed by atoms with Crippen LogP contribution in [-0.2, 0) is 27.1 Å². The summed E-state index contributed by atoms with van der Waals surface area (Å²) in [6, 6.07) is 6.06. The second-order valence-corrected chi connectivity index (χ2v) is 9.54. The summed E-state index contributed by atoms with van der Waals surface area (Å²) in [5.74, 6) is 0.939. The molecular formula is C24H28N6O3S. The number of methoxy groups -OCH3 is 2. The summed E-state index contributed by atoms with van der Waals surface area (Å²) in [5.41, 5.74) is 3.20. The van der Waals surface area contributed by atoms with Gasteiger partial charge in [-0.25, -0.2) is 9.97 Å². The summed E-state index contributed by atoms with van der Waals surface area (Å²) >= 11 is 1.67. The maximum atomic E-state index is 13.3. The molecule has 1 amide bonds. The average molecular weight is 481 g/mol. The number of nitrogens with zero attached hydrogens (tertiary/aromatic N) is 4. The Hall–Kier alpha value is -3.08. The van der Waals surface area contributed by atoms with Crippen LogP contribution in [0.3, 0.4) is 0 Å². The molecule has 10 heteroatoms. The molecule has 0 spiro atoms. The van der Waals surface area contributed by atoms with Crippen molar-refractivity contribution in [3.05, 3.63) is 41.2 Å². The number of aromatic nitrogens is 4. The van der Waals surface area contributed by atoms with Crippen molar-refractivity contribution in [2.45, 2.75) is 19.3 Å². The predicted octanol–water partition coefficient (Wildman–Crippen LogP) is 3.54. The Morgan fingerprint density at radius 2 is 2.06 bits per heavy atom. The number of aryl methyl sites for hydroxylation is 1. The number of thiophene rings is 1. The lowest BCUT2D eigenvalue weighted by molar-refractivity contribution is -0.137. The smallest absolute Gasteiger partial charge is 0.226 e. The molecule has 178 valence electrons. The van der Waals surface area contributed by atoms with Gasteiger partial charge in [0.15, 0.2) is 0 Å². The number of ether oxygens (including phenoxy) is 2. The zero-order valence-electron chi connectivity index (χ0n) is 19.3. The molecule has 1 atom stereocenters. The van der Waals surface area contributed by atoms with E-state index in [2.05, 4.69) is 31.5 Å². The monoisotopic (exact) mass is 480 g/mol. The largest absolute Gasteiger partial charge is 0.383 e. The number of fused-ring (bicyclic) bond motifs is 4. The fraction of sp³-hybridized carbons (Fsp3) is 0.417. The van der Waals surface area contributed by atoms with E-state index in [-0.39, 0.29) is 11.8 Å². The molecule has 0 saturated carbocycles. The highest BCUT2D eigenvalue weighted by Gasteiger charge is 2.31. The van der Waals surface area contributed by atoms with Crippen LogP contribution in [0.4, 0.5) is 11.5 Å². The van der Waals surface area contributed by atoms with Gasteiger partial charge in [-0.3, -0.25) is 9.89 Å². The quantitative estimate of drug-likeness (QED) is 0.377. The summed E-state index contributed by atoms with van der Waals surface area (Å²) in [6.45, 7) is 2.20. The number of amides is 1. The molecule has 0 aliphatic heterocycles. The second kappa shape index (κ2) is 10.0. The second-order valence-electron chi connectivity index (χ2n) is 8.45. The Morgan fingerprint density at radius 3 is 2.85 bits per heavy atom. The van der Waals surface area contributed by atoms with Crippen LogP contribution in [0.5, 0.6) is 0 Å². The molecule has 0 bridgehead atoms. The molecule has 1 aliphatic rings. The number of carbonyl (C=O) groups is 1. The molecule has 3 heterocycles. The van der Waals surface area contributed by atoms with Gasteiger partial charge in [0, 0.05) is 49.2 Å². The molecule has 34 heavy (non-hydrogen) atoms. The van der Waals surface area contributed by atoms with Gasteiger partial charge in [-0.2, -0.15) is 5.10 Å². The molecule has 0 fully saturated rings. The summed E-state index contributed by atoms with van der Waals surface area (Å²) in [5, 5.41) is 12.6. The number of anilines is 2. The van der Waals surface area contributed by atoms with Crippen molar-refractivity contribution in [2.24, 2.45) is 5.92 Å². The molecule has 9 nitrogen and oxygen atoms in total. The lowest BCUT2D eigenvalue weighted by atomic mass is 9.87. The van der Waals surface area contributed by atoms with Crippen molar-refractivity contribution >= 4 is 49.9 Å². The third-order valence-corrected chi connectivity index (χ3v) is 7.50. The van der Waals surface area contributed by atoms with Crippen LogP contribution < -0.4 is 5.32 Å². The highest BCUT2D eigenvalue weighted by molar-refractivity contribution is 7.19. The number of hydrogen-bond donors (Lipinski definition) is 2. The molecule has 1 aliphatic carbocycles. The summed E-state index contributed by atoms with van der Waals surface area (Å²) in [6.07, 6.45) is 5.78. The molecule has 4 aromatic rings. The number of hydrogen-bond acceptors (Lipinski definition) is 8. The number of benzene rings is 1. The molecular weight excluding hydrogens is 452 g/mol. The van der Waals surface area contributed by atoms with Gasteiger partial charge in [0.05, 0.1) is 30.3 Å². The lowest BCUT2D eigenvalue weighted by Gasteiger charge is -2.29. The number of H-pyrrole nitrogens is 1. The molecule has 3 aromatic heterocycles. The maximum Gasteiger partial charge on any atom is 0.226 e. The van der Waals surface area contributed by atoms with Crippen molar-refractivity contribution in [1.82, 2.24) is 25.1 Å². The number of carbonyl (C=O) groups excluding carboxylic acids is 1. The Morgan fingerprint density at radius 1 is 1.24 bits per heavy atom. The Bertz CT molecular complexity index is 1290. The van der Waals surface area contributed by atoms with E-state index in [0.717, 1.165) is 51.9 Å². The minimum Gasteiger partial charge on any atom is -0.383 e. The Balaban J connectivity index is 1.39. The number of aromatic amines is 1. The minimum absolute atomic E-state index is 0.0397. The minimum atomic E-state index is -0.0397. The molecule has 0 saturated heterocycles. The first-order valence-corrected chi connectivity index (χ1v) is 12.2. The van der Waals surface area contributed by atoms with Crippen molar-refractivity contribution in [3.63, 3.8) is 0 Å². The van der Waals surface area contributed by atoms with Crippen molar-refractivity contribution < 1.29 is 14.3 Å². The molecule has 2 N–H and O–H groups in total. The summed E-state index contributed by atoms with van der Waals surface area (Å²) < 4.78 is 10.4. The predicted molar refractivity (Wildman–Crippen MR) is 133 cm³/mol. The van der Waals surface area contributed by atoms with Gasteiger partial charge in [0.25, 0.3) is 0 Å². The van der Waals surface area contributed by atoms with Gasteiger partial charge in [-0.1, -0.05) is 0 Å². The van der Waals surface area contributed by atoms with Crippen LogP contribution in [0.2, 0.25) is 0 Å². The van der Waals surface area contributed by atoms with E-state index >= 15 is 0 Å². The van der Waals surface area contributed by atoms with Gasteiger partial charge in [-0.05, 0) is 43.0 Å². The molecule has 5 rings (SSSR count). The van der Waals surface area contributed by atoms with Gasteiger partial charge in [-0.15, -0.1) is 11.3 Å². The standard InChI is InChI=1S/C24H28N6O3S/c1-32-9-7-30(8-10-33-2)24(31)15-3-5-18-20(12-15)34-23-21(18)22(25-14-26-23)28-17-4-6-19-16(11-17)13-27-29-19/h4,6,11,13-15H,3,5,7-10,12H2,1-2H3,(H,27,29)(H,25,26,28). The first kappa shape index (κ1) is 22.7. The third-order valence-electron chi connectivity index (χ3n) is 6.34. The fourth-order valence-electron chi connectivity index (χ4n) is 4.57. The topological polar surface area (TPSA) is 105 Å². The van der Waals surface area contributed by atoms with E-state index < -0.39 is 0 Å². The highest BCUT2D eigenvalue weighted by atomic mass is 32.1. The van der Waals surface area contributed by atoms with Crippen LogP contribution in [-0.4, -0.2) is 71.5 Å². The first-order chi connectivity index (χ1) is 16.7. The van der Waals surface area contributed by atoms with E-state index in [4.69, 9.17) is 9.47 Å². The van der Waals surface area contributed by atoms with Gasteiger partial charge in [0.2, 0.25) is 5.91 Å². The van der Waals surface area contributed by atoms with Crippen LogP contribution >= 0.6 is 11.3 Å². The Kier molecular flexibility index (Phi) is 6.70. The Labute approximate surface area is 201 Å². The summed E-state index contributed by atoms with van der Waals surface area (Å²) in [7, 11) is 3.31. The third kappa shape index (κ3) is 4.48. The van der Waals surface area contributed by atoms with Crippen LogP contribution in [0.1, 0.15) is 16.9 Å². The van der Waals surface area contributed by atoms with Crippen LogP contribution in [0.15, 0.2) is 30.7 Å². The van der Waals surface area contributed by atoms with Gasteiger partial charge in [0.1, 0.15) is 17.0 Å². The van der Waals surface area contributed by atoms with Crippen molar-refractivity contribution in [1.29, 1.82) is 0 Å². The SMILES string of the molecule is COCCN(CCOC)C(=O)C1CCc2c(sc3ncnc(Nc4ccc5[nH]ncc5c4)c23)C1. The fourth-order valence-corrected chi connectivity index (χ4v) is 5.83. The maximum absolute atomic E-state index is 13.3. The van der Waals surface area contributed by atoms with E-state index in [0.29, 0.717) is 26.3 Å². The zero-order chi connectivity index (χ0) is 23.5. The van der Waals surface area contributed by atoms with Gasteiger partial charge < -0.3 is 19.7 Å².